The maximum atomic E-state index is 12.0. The van der Waals surface area contributed by atoms with Crippen LogP contribution in [-0.2, 0) is 0 Å². The zero-order chi connectivity index (χ0) is 13.8. The van der Waals surface area contributed by atoms with Crippen LogP contribution in [0.4, 0.5) is 20.3 Å². The van der Waals surface area contributed by atoms with Gasteiger partial charge in [-0.15, -0.1) is 0 Å². The van der Waals surface area contributed by atoms with Crippen LogP contribution in [0.2, 0.25) is 5.15 Å². The molecule has 1 aromatic carbocycles. The molecule has 0 unspecified atom stereocenters. The maximum absolute atomic E-state index is 12.0. The highest BCUT2D eigenvalue weighted by atomic mass is 35.5. The SMILES string of the molecule is Cc1nc(Cl)cc(Nc2ccc(OC(F)F)cc2)n1. The van der Waals surface area contributed by atoms with Gasteiger partial charge in [0.15, 0.2) is 0 Å². The number of aryl methyl sites for hydroxylation is 1. The van der Waals surface area contributed by atoms with Crippen LogP contribution in [0.5, 0.6) is 5.75 Å². The molecule has 1 heterocycles. The molecule has 19 heavy (non-hydrogen) atoms. The lowest BCUT2D eigenvalue weighted by Crippen LogP contribution is -2.02. The predicted molar refractivity (Wildman–Crippen MR) is 68.1 cm³/mol. The molecule has 7 heteroatoms. The molecule has 0 saturated carbocycles. The molecule has 2 aromatic rings. The number of aromatic nitrogens is 2. The minimum Gasteiger partial charge on any atom is -0.435 e. The monoisotopic (exact) mass is 285 g/mol. The number of nitrogens with zero attached hydrogens (tertiary/aromatic N) is 2. The Labute approximate surface area is 113 Å². The minimum absolute atomic E-state index is 0.0949. The van der Waals surface area contributed by atoms with Gasteiger partial charge < -0.3 is 10.1 Å². The van der Waals surface area contributed by atoms with Crippen molar-refractivity contribution in [3.8, 4) is 5.75 Å². The van der Waals surface area contributed by atoms with Crippen LogP contribution < -0.4 is 10.1 Å². The number of hydrogen-bond acceptors (Lipinski definition) is 4. The van der Waals surface area contributed by atoms with Crippen molar-refractivity contribution in [1.29, 1.82) is 0 Å². The van der Waals surface area contributed by atoms with Gasteiger partial charge in [-0.1, -0.05) is 11.6 Å². The van der Waals surface area contributed by atoms with Crippen LogP contribution in [0.1, 0.15) is 5.82 Å². The first-order valence-electron chi connectivity index (χ1n) is 5.36. The summed E-state index contributed by atoms with van der Waals surface area (Å²) in [5.41, 5.74) is 0.677. The third-order valence-corrected chi connectivity index (χ3v) is 2.35. The van der Waals surface area contributed by atoms with E-state index in [-0.39, 0.29) is 5.75 Å². The Morgan fingerprint density at radius 1 is 1.21 bits per heavy atom. The second-order valence-electron chi connectivity index (χ2n) is 3.65. The molecule has 0 spiro atoms. The smallest absolute Gasteiger partial charge is 0.387 e. The number of nitrogens with one attached hydrogen (secondary N) is 1. The topological polar surface area (TPSA) is 47.0 Å². The van der Waals surface area contributed by atoms with E-state index in [0.29, 0.717) is 22.5 Å². The van der Waals surface area contributed by atoms with Crippen LogP contribution in [0.15, 0.2) is 30.3 Å². The van der Waals surface area contributed by atoms with Gasteiger partial charge in [0.2, 0.25) is 0 Å². The highest BCUT2D eigenvalue weighted by Crippen LogP contribution is 2.21. The lowest BCUT2D eigenvalue weighted by atomic mass is 10.3. The summed E-state index contributed by atoms with van der Waals surface area (Å²) in [5, 5.41) is 3.31. The van der Waals surface area contributed by atoms with E-state index in [4.69, 9.17) is 11.6 Å². The molecule has 0 bridgehead atoms. The van der Waals surface area contributed by atoms with E-state index in [1.165, 1.54) is 12.1 Å². The molecule has 1 aromatic heterocycles. The molecule has 4 nitrogen and oxygen atoms in total. The van der Waals surface area contributed by atoms with E-state index >= 15 is 0 Å². The molecular formula is C12H10ClF2N3O. The van der Waals surface area contributed by atoms with Gasteiger partial charge in [-0.25, -0.2) is 9.97 Å². The third kappa shape index (κ3) is 4.03. The fourth-order valence-corrected chi connectivity index (χ4v) is 1.69. The minimum atomic E-state index is -2.83. The fraction of sp³-hybridized carbons (Fsp3) is 0.167. The van der Waals surface area contributed by atoms with Gasteiger partial charge in [-0.2, -0.15) is 8.78 Å². The van der Waals surface area contributed by atoms with Crippen molar-refractivity contribution in [2.24, 2.45) is 0 Å². The Morgan fingerprint density at radius 3 is 2.47 bits per heavy atom. The molecule has 1 N–H and O–H groups in total. The zero-order valence-corrected chi connectivity index (χ0v) is 10.7. The second kappa shape index (κ2) is 5.79. The summed E-state index contributed by atoms with van der Waals surface area (Å²) in [6.07, 6.45) is 0. The normalized spacial score (nSPS) is 10.6. The summed E-state index contributed by atoms with van der Waals surface area (Å²) >= 11 is 5.80. The van der Waals surface area contributed by atoms with E-state index in [1.807, 2.05) is 0 Å². The molecule has 0 radical (unpaired) electrons. The standard InChI is InChI=1S/C12H10ClF2N3O/c1-7-16-10(13)6-11(17-7)18-8-2-4-9(5-3-8)19-12(14)15/h2-6,12H,1H3,(H,16,17,18). The Hall–Kier alpha value is -1.95. The van der Waals surface area contributed by atoms with E-state index in [2.05, 4.69) is 20.0 Å². The van der Waals surface area contributed by atoms with E-state index in [1.54, 1.807) is 25.1 Å². The Morgan fingerprint density at radius 2 is 1.89 bits per heavy atom. The van der Waals surface area contributed by atoms with Crippen molar-refractivity contribution >= 4 is 23.1 Å². The molecule has 0 aliphatic rings. The van der Waals surface area contributed by atoms with Gasteiger partial charge in [0.1, 0.15) is 22.5 Å². The van der Waals surface area contributed by atoms with E-state index in [0.717, 1.165) is 0 Å². The van der Waals surface area contributed by atoms with Gasteiger partial charge in [0.05, 0.1) is 0 Å². The molecular weight excluding hydrogens is 276 g/mol. The molecule has 2 rings (SSSR count). The Bertz CT molecular complexity index is 543. The van der Waals surface area contributed by atoms with Gasteiger partial charge in [0, 0.05) is 11.8 Å². The van der Waals surface area contributed by atoms with Crippen molar-refractivity contribution in [3.05, 3.63) is 41.3 Å². The molecule has 0 fully saturated rings. The quantitative estimate of drug-likeness (QED) is 0.868. The number of halogens is 3. The number of benzene rings is 1. The summed E-state index contributed by atoms with van der Waals surface area (Å²) < 4.78 is 28.2. The average molecular weight is 286 g/mol. The molecule has 0 aliphatic heterocycles. The first kappa shape index (κ1) is 13.5. The van der Waals surface area contributed by atoms with Crippen molar-refractivity contribution in [2.75, 3.05) is 5.32 Å². The molecule has 0 atom stereocenters. The van der Waals surface area contributed by atoms with Crippen molar-refractivity contribution in [3.63, 3.8) is 0 Å². The van der Waals surface area contributed by atoms with Crippen LogP contribution in [0.3, 0.4) is 0 Å². The lowest BCUT2D eigenvalue weighted by Gasteiger charge is -2.08. The summed E-state index contributed by atoms with van der Waals surface area (Å²) in [4.78, 5) is 8.08. The van der Waals surface area contributed by atoms with Crippen molar-refractivity contribution in [1.82, 2.24) is 9.97 Å². The maximum Gasteiger partial charge on any atom is 0.387 e. The second-order valence-corrected chi connectivity index (χ2v) is 4.04. The van der Waals surface area contributed by atoms with Crippen LogP contribution in [0, 0.1) is 6.92 Å². The molecule has 100 valence electrons. The highest BCUT2D eigenvalue weighted by molar-refractivity contribution is 6.29. The van der Waals surface area contributed by atoms with Crippen LogP contribution in [-0.4, -0.2) is 16.6 Å². The predicted octanol–water partition coefficient (Wildman–Crippen LogP) is 3.78. The van der Waals surface area contributed by atoms with E-state index in [9.17, 15) is 8.78 Å². The zero-order valence-electron chi connectivity index (χ0n) is 9.90. The van der Waals surface area contributed by atoms with Gasteiger partial charge in [-0.3, -0.25) is 0 Å². The number of hydrogen-bond donors (Lipinski definition) is 1. The molecule has 0 amide bonds. The summed E-state index contributed by atoms with van der Waals surface area (Å²) in [6, 6.07) is 7.64. The van der Waals surface area contributed by atoms with Gasteiger partial charge in [-0.05, 0) is 31.2 Å². The molecule has 0 saturated heterocycles. The highest BCUT2D eigenvalue weighted by Gasteiger charge is 2.04. The largest absolute Gasteiger partial charge is 0.435 e. The number of ether oxygens (including phenoxy) is 1. The molecule has 0 aliphatic carbocycles. The summed E-state index contributed by atoms with van der Waals surface area (Å²) in [7, 11) is 0. The Kier molecular flexibility index (Phi) is 4.11. The summed E-state index contributed by atoms with van der Waals surface area (Å²) in [6.45, 7) is -1.11. The average Bonchev–Trinajstić information content (AvgIpc) is 2.29. The number of rotatable bonds is 4. The first-order chi connectivity index (χ1) is 9.02. The summed E-state index contributed by atoms with van der Waals surface area (Å²) in [5.74, 6) is 1.16. The number of anilines is 2. The van der Waals surface area contributed by atoms with Crippen molar-refractivity contribution in [2.45, 2.75) is 13.5 Å². The van der Waals surface area contributed by atoms with Crippen LogP contribution in [0.25, 0.3) is 0 Å². The van der Waals surface area contributed by atoms with Gasteiger partial charge >= 0.3 is 6.61 Å². The first-order valence-corrected chi connectivity index (χ1v) is 5.74. The van der Waals surface area contributed by atoms with Gasteiger partial charge in [0.25, 0.3) is 0 Å². The lowest BCUT2D eigenvalue weighted by molar-refractivity contribution is -0.0498. The van der Waals surface area contributed by atoms with Crippen LogP contribution >= 0.6 is 11.6 Å². The third-order valence-electron chi connectivity index (χ3n) is 2.16. The van der Waals surface area contributed by atoms with Crippen molar-refractivity contribution < 1.29 is 13.5 Å². The Balaban J connectivity index is 2.10. The fourth-order valence-electron chi connectivity index (χ4n) is 1.46. The number of alkyl halides is 2. The van der Waals surface area contributed by atoms with E-state index < -0.39 is 6.61 Å².